The Bertz CT molecular complexity index is 308. The summed E-state index contributed by atoms with van der Waals surface area (Å²) >= 11 is 0. The average molecular weight is 280 g/mol. The monoisotopic (exact) mass is 280 g/mol. The van der Waals surface area contributed by atoms with Crippen LogP contribution in [-0.2, 0) is 0 Å². The number of aliphatic imine (C=N–C) groups is 1. The van der Waals surface area contributed by atoms with Crippen LogP contribution in [0.15, 0.2) is 4.99 Å². The van der Waals surface area contributed by atoms with E-state index in [-0.39, 0.29) is 0 Å². The lowest BCUT2D eigenvalue weighted by Gasteiger charge is -2.25. The van der Waals surface area contributed by atoms with Crippen molar-refractivity contribution in [3.05, 3.63) is 0 Å². The number of likely N-dealkylation sites (N-methyl/N-ethyl adjacent to an activating group) is 1. The van der Waals surface area contributed by atoms with Gasteiger partial charge in [0.25, 0.3) is 0 Å². The Morgan fingerprint density at radius 3 is 2.70 bits per heavy atom. The van der Waals surface area contributed by atoms with E-state index in [1.165, 1.54) is 45.1 Å². The molecule has 0 aromatic heterocycles. The third-order valence-corrected chi connectivity index (χ3v) is 5.08. The maximum atomic E-state index is 6.00. The molecule has 2 rings (SSSR count). The topological polar surface area (TPSA) is 53.6 Å². The average Bonchev–Trinajstić information content (AvgIpc) is 2.92. The van der Waals surface area contributed by atoms with Gasteiger partial charge in [-0.15, -0.1) is 0 Å². The second-order valence-electron chi connectivity index (χ2n) is 6.66. The van der Waals surface area contributed by atoms with Gasteiger partial charge in [-0.3, -0.25) is 9.89 Å². The summed E-state index contributed by atoms with van der Waals surface area (Å²) in [4.78, 5) is 7.08. The van der Waals surface area contributed by atoms with Crippen molar-refractivity contribution in [2.24, 2.45) is 22.6 Å². The maximum Gasteiger partial charge on any atom is 0.188 e. The summed E-state index contributed by atoms with van der Waals surface area (Å²) in [5, 5.41) is 3.32. The Morgan fingerprint density at radius 2 is 2.00 bits per heavy atom. The lowest BCUT2D eigenvalue weighted by Crippen LogP contribution is -2.43. The van der Waals surface area contributed by atoms with E-state index in [1.54, 1.807) is 0 Å². The first-order chi connectivity index (χ1) is 9.69. The fourth-order valence-electron chi connectivity index (χ4n) is 3.56. The molecule has 1 heterocycles. The van der Waals surface area contributed by atoms with Crippen molar-refractivity contribution >= 4 is 5.96 Å². The molecule has 4 heteroatoms. The second kappa shape index (κ2) is 7.87. The van der Waals surface area contributed by atoms with Crippen molar-refractivity contribution in [1.82, 2.24) is 10.2 Å². The maximum absolute atomic E-state index is 6.00. The van der Waals surface area contributed by atoms with Gasteiger partial charge in [-0.05, 0) is 50.6 Å². The van der Waals surface area contributed by atoms with E-state index < -0.39 is 0 Å². The number of rotatable bonds is 5. The van der Waals surface area contributed by atoms with Crippen molar-refractivity contribution in [2.75, 3.05) is 26.2 Å². The molecule has 2 aliphatic rings. The zero-order chi connectivity index (χ0) is 14.4. The van der Waals surface area contributed by atoms with E-state index in [4.69, 9.17) is 5.73 Å². The van der Waals surface area contributed by atoms with Crippen LogP contribution in [0.3, 0.4) is 0 Å². The predicted molar refractivity (Wildman–Crippen MR) is 85.9 cm³/mol. The van der Waals surface area contributed by atoms with Crippen LogP contribution in [-0.4, -0.2) is 43.1 Å². The Labute approximate surface area is 124 Å². The van der Waals surface area contributed by atoms with E-state index in [2.05, 4.69) is 29.1 Å². The van der Waals surface area contributed by atoms with Crippen molar-refractivity contribution in [2.45, 2.75) is 58.4 Å². The van der Waals surface area contributed by atoms with Gasteiger partial charge in [0.2, 0.25) is 0 Å². The van der Waals surface area contributed by atoms with Crippen LogP contribution in [0.2, 0.25) is 0 Å². The zero-order valence-corrected chi connectivity index (χ0v) is 13.3. The number of likely N-dealkylation sites (tertiary alicyclic amines) is 1. The van der Waals surface area contributed by atoms with Crippen LogP contribution in [0.1, 0.15) is 52.4 Å². The molecule has 1 atom stereocenters. The SMILES string of the molecule is CCN1CCCC1CNC(N)=NCC1CCC(C)CC1. The minimum Gasteiger partial charge on any atom is -0.370 e. The quantitative estimate of drug-likeness (QED) is 0.599. The number of hydrogen-bond donors (Lipinski definition) is 2. The molecule has 0 amide bonds. The van der Waals surface area contributed by atoms with E-state index in [0.717, 1.165) is 31.5 Å². The summed E-state index contributed by atoms with van der Waals surface area (Å²) in [6.07, 6.45) is 7.97. The summed E-state index contributed by atoms with van der Waals surface area (Å²) in [6.45, 7) is 8.83. The second-order valence-corrected chi connectivity index (χ2v) is 6.66. The highest BCUT2D eigenvalue weighted by atomic mass is 15.2. The predicted octanol–water partition coefficient (Wildman–Crippen LogP) is 2.20. The largest absolute Gasteiger partial charge is 0.370 e. The van der Waals surface area contributed by atoms with Crippen molar-refractivity contribution < 1.29 is 0 Å². The van der Waals surface area contributed by atoms with Gasteiger partial charge in [-0.1, -0.05) is 26.7 Å². The van der Waals surface area contributed by atoms with Crippen molar-refractivity contribution in [3.8, 4) is 0 Å². The molecular weight excluding hydrogens is 248 g/mol. The summed E-state index contributed by atoms with van der Waals surface area (Å²) in [5.74, 6) is 2.31. The molecule has 0 bridgehead atoms. The highest BCUT2D eigenvalue weighted by molar-refractivity contribution is 5.77. The first-order valence-corrected chi connectivity index (χ1v) is 8.46. The number of guanidine groups is 1. The molecule has 1 unspecified atom stereocenters. The highest BCUT2D eigenvalue weighted by Gasteiger charge is 2.22. The molecule has 4 nitrogen and oxygen atoms in total. The molecule has 0 radical (unpaired) electrons. The van der Waals surface area contributed by atoms with E-state index >= 15 is 0 Å². The van der Waals surface area contributed by atoms with Crippen LogP contribution in [0.25, 0.3) is 0 Å². The molecule has 20 heavy (non-hydrogen) atoms. The summed E-state index contributed by atoms with van der Waals surface area (Å²) < 4.78 is 0. The molecule has 116 valence electrons. The molecule has 0 spiro atoms. The smallest absolute Gasteiger partial charge is 0.188 e. The highest BCUT2D eigenvalue weighted by Crippen LogP contribution is 2.28. The summed E-state index contributed by atoms with van der Waals surface area (Å²) in [5.41, 5.74) is 6.00. The standard InChI is InChI=1S/C16H32N4/c1-3-20-10-4-5-15(20)12-19-16(17)18-11-14-8-6-13(2)7-9-14/h13-15H,3-12H2,1-2H3,(H3,17,18,19). The summed E-state index contributed by atoms with van der Waals surface area (Å²) in [6, 6.07) is 0.643. The molecule has 1 aliphatic carbocycles. The van der Waals surface area contributed by atoms with Gasteiger partial charge in [0.1, 0.15) is 0 Å². The fraction of sp³-hybridized carbons (Fsp3) is 0.938. The number of nitrogens with two attached hydrogens (primary N) is 1. The first kappa shape index (κ1) is 15.6. The fourth-order valence-corrected chi connectivity index (χ4v) is 3.56. The van der Waals surface area contributed by atoms with Gasteiger partial charge >= 0.3 is 0 Å². The molecule has 1 saturated carbocycles. The van der Waals surface area contributed by atoms with Crippen LogP contribution in [0.5, 0.6) is 0 Å². The van der Waals surface area contributed by atoms with Crippen LogP contribution >= 0.6 is 0 Å². The van der Waals surface area contributed by atoms with Crippen LogP contribution < -0.4 is 11.1 Å². The molecule has 3 N–H and O–H groups in total. The lowest BCUT2D eigenvalue weighted by atomic mass is 9.83. The number of nitrogens with zero attached hydrogens (tertiary/aromatic N) is 2. The number of nitrogens with one attached hydrogen (secondary N) is 1. The van der Waals surface area contributed by atoms with Crippen LogP contribution in [0.4, 0.5) is 0 Å². The summed E-state index contributed by atoms with van der Waals surface area (Å²) in [7, 11) is 0. The third kappa shape index (κ3) is 4.65. The molecule has 0 aromatic rings. The molecular formula is C16H32N4. The normalized spacial score (nSPS) is 32.5. The lowest BCUT2D eigenvalue weighted by molar-refractivity contribution is 0.267. The Morgan fingerprint density at radius 1 is 1.25 bits per heavy atom. The van der Waals surface area contributed by atoms with Crippen molar-refractivity contribution in [3.63, 3.8) is 0 Å². The minimum absolute atomic E-state index is 0.643. The Kier molecular flexibility index (Phi) is 6.14. The van der Waals surface area contributed by atoms with E-state index in [9.17, 15) is 0 Å². The van der Waals surface area contributed by atoms with Gasteiger partial charge < -0.3 is 11.1 Å². The van der Waals surface area contributed by atoms with Gasteiger partial charge in [0.05, 0.1) is 0 Å². The van der Waals surface area contributed by atoms with Crippen molar-refractivity contribution in [1.29, 1.82) is 0 Å². The first-order valence-electron chi connectivity index (χ1n) is 8.46. The van der Waals surface area contributed by atoms with Gasteiger partial charge in [0, 0.05) is 19.1 Å². The van der Waals surface area contributed by atoms with Gasteiger partial charge in [-0.2, -0.15) is 0 Å². The zero-order valence-electron chi connectivity index (χ0n) is 13.3. The molecule has 0 aromatic carbocycles. The van der Waals surface area contributed by atoms with E-state index in [1.807, 2.05) is 0 Å². The van der Waals surface area contributed by atoms with E-state index in [0.29, 0.717) is 12.0 Å². The van der Waals surface area contributed by atoms with Gasteiger partial charge in [0.15, 0.2) is 5.96 Å². The van der Waals surface area contributed by atoms with Gasteiger partial charge in [-0.25, -0.2) is 0 Å². The molecule has 1 aliphatic heterocycles. The minimum atomic E-state index is 0.643. The van der Waals surface area contributed by atoms with Crippen LogP contribution in [0, 0.1) is 11.8 Å². The Hall–Kier alpha value is -0.770. The molecule has 2 fully saturated rings. The third-order valence-electron chi connectivity index (χ3n) is 5.08. The number of hydrogen-bond acceptors (Lipinski definition) is 2. The molecule has 1 saturated heterocycles. The Balaban J connectivity index is 1.66.